The summed E-state index contributed by atoms with van der Waals surface area (Å²) in [6.45, 7) is 4.03. The number of amides is 1. The van der Waals surface area contributed by atoms with Crippen LogP contribution in [0.4, 0.5) is 0 Å². The van der Waals surface area contributed by atoms with Crippen molar-refractivity contribution in [1.82, 2.24) is 10.2 Å². The average Bonchev–Trinajstić information content (AvgIpc) is 2.04. The SMILES string of the molecule is CC(C)c1cnnc(C(N)=O)c1. The molecule has 4 nitrogen and oxygen atoms in total. The molecule has 0 saturated heterocycles. The van der Waals surface area contributed by atoms with Gasteiger partial charge in [-0.1, -0.05) is 13.8 Å². The second kappa shape index (κ2) is 3.30. The number of nitrogens with zero attached hydrogens (tertiary/aromatic N) is 2. The summed E-state index contributed by atoms with van der Waals surface area (Å²) in [5, 5.41) is 7.27. The van der Waals surface area contributed by atoms with Crippen LogP contribution in [0, 0.1) is 0 Å². The van der Waals surface area contributed by atoms with Crippen molar-refractivity contribution in [1.29, 1.82) is 0 Å². The van der Waals surface area contributed by atoms with Gasteiger partial charge in [0.2, 0.25) is 0 Å². The molecule has 0 bridgehead atoms. The topological polar surface area (TPSA) is 68.9 Å². The van der Waals surface area contributed by atoms with Gasteiger partial charge in [-0.2, -0.15) is 5.10 Å². The molecule has 64 valence electrons. The van der Waals surface area contributed by atoms with E-state index in [-0.39, 0.29) is 5.69 Å². The van der Waals surface area contributed by atoms with Crippen LogP contribution in [0.3, 0.4) is 0 Å². The van der Waals surface area contributed by atoms with Crippen LogP contribution in [0.15, 0.2) is 12.3 Å². The standard InChI is InChI=1S/C8H11N3O/c1-5(2)6-3-7(8(9)12)11-10-4-6/h3-5H,1-2H3,(H2,9,12). The van der Waals surface area contributed by atoms with Gasteiger partial charge in [0.15, 0.2) is 5.69 Å². The van der Waals surface area contributed by atoms with Gasteiger partial charge < -0.3 is 5.73 Å². The summed E-state index contributed by atoms with van der Waals surface area (Å²) < 4.78 is 0. The van der Waals surface area contributed by atoms with E-state index in [0.717, 1.165) is 5.56 Å². The molecule has 0 aliphatic rings. The van der Waals surface area contributed by atoms with Crippen LogP contribution in [-0.4, -0.2) is 16.1 Å². The molecule has 0 radical (unpaired) electrons. The minimum absolute atomic E-state index is 0.223. The lowest BCUT2D eigenvalue weighted by atomic mass is 10.1. The minimum Gasteiger partial charge on any atom is -0.364 e. The predicted molar refractivity (Wildman–Crippen MR) is 44.6 cm³/mol. The van der Waals surface area contributed by atoms with Crippen LogP contribution in [0.1, 0.15) is 35.8 Å². The molecule has 1 aromatic rings. The highest BCUT2D eigenvalue weighted by Gasteiger charge is 2.05. The van der Waals surface area contributed by atoms with E-state index >= 15 is 0 Å². The first-order valence-electron chi connectivity index (χ1n) is 3.73. The van der Waals surface area contributed by atoms with Gasteiger partial charge in [0, 0.05) is 0 Å². The van der Waals surface area contributed by atoms with Crippen molar-refractivity contribution in [2.45, 2.75) is 19.8 Å². The third-order valence-corrected chi connectivity index (χ3v) is 1.59. The van der Waals surface area contributed by atoms with Crippen LogP contribution < -0.4 is 5.73 Å². The van der Waals surface area contributed by atoms with E-state index in [1.165, 1.54) is 0 Å². The number of aromatic nitrogens is 2. The zero-order valence-corrected chi connectivity index (χ0v) is 7.11. The number of primary amides is 1. The van der Waals surface area contributed by atoms with Gasteiger partial charge in [0.25, 0.3) is 5.91 Å². The summed E-state index contributed by atoms with van der Waals surface area (Å²) in [4.78, 5) is 10.7. The molecule has 0 aromatic carbocycles. The Labute approximate surface area is 70.8 Å². The third kappa shape index (κ3) is 1.78. The summed E-state index contributed by atoms with van der Waals surface area (Å²) >= 11 is 0. The Morgan fingerprint density at radius 1 is 1.58 bits per heavy atom. The first kappa shape index (κ1) is 8.64. The molecule has 1 heterocycles. The smallest absolute Gasteiger partial charge is 0.269 e. The number of hydrogen-bond donors (Lipinski definition) is 1. The van der Waals surface area contributed by atoms with Gasteiger partial charge in [-0.25, -0.2) is 0 Å². The normalized spacial score (nSPS) is 10.2. The van der Waals surface area contributed by atoms with Crippen molar-refractivity contribution in [3.63, 3.8) is 0 Å². The van der Waals surface area contributed by atoms with E-state index < -0.39 is 5.91 Å². The fraction of sp³-hybridized carbons (Fsp3) is 0.375. The summed E-state index contributed by atoms with van der Waals surface area (Å²) in [5.74, 6) is -0.205. The number of carbonyl (C=O) groups excluding carboxylic acids is 1. The second-order valence-electron chi connectivity index (χ2n) is 2.89. The fourth-order valence-electron chi connectivity index (χ4n) is 0.818. The van der Waals surface area contributed by atoms with E-state index in [4.69, 9.17) is 5.73 Å². The van der Waals surface area contributed by atoms with Gasteiger partial charge in [-0.15, -0.1) is 5.10 Å². The number of carbonyl (C=O) groups is 1. The maximum absolute atomic E-state index is 10.7. The van der Waals surface area contributed by atoms with Gasteiger partial charge in [0.1, 0.15) is 0 Å². The molecule has 4 heteroatoms. The average molecular weight is 165 g/mol. The molecule has 0 aliphatic carbocycles. The van der Waals surface area contributed by atoms with Crippen LogP contribution in [0.2, 0.25) is 0 Å². The Kier molecular flexibility index (Phi) is 2.38. The van der Waals surface area contributed by atoms with Gasteiger partial charge >= 0.3 is 0 Å². The number of hydrogen-bond acceptors (Lipinski definition) is 3. The summed E-state index contributed by atoms with van der Waals surface area (Å²) in [6.07, 6.45) is 1.64. The van der Waals surface area contributed by atoms with Crippen LogP contribution in [-0.2, 0) is 0 Å². The number of rotatable bonds is 2. The molecule has 2 N–H and O–H groups in total. The highest BCUT2D eigenvalue weighted by Crippen LogP contribution is 2.12. The molecule has 0 saturated carbocycles. The molecule has 0 fully saturated rings. The molecular formula is C8H11N3O. The summed E-state index contributed by atoms with van der Waals surface area (Å²) in [7, 11) is 0. The second-order valence-corrected chi connectivity index (χ2v) is 2.89. The Morgan fingerprint density at radius 2 is 2.25 bits per heavy atom. The molecule has 12 heavy (non-hydrogen) atoms. The van der Waals surface area contributed by atoms with Gasteiger partial charge in [0.05, 0.1) is 6.20 Å². The van der Waals surface area contributed by atoms with Gasteiger partial charge in [-0.3, -0.25) is 4.79 Å². The quantitative estimate of drug-likeness (QED) is 0.701. The Balaban J connectivity index is 3.04. The van der Waals surface area contributed by atoms with Crippen molar-refractivity contribution in [2.75, 3.05) is 0 Å². The molecule has 0 spiro atoms. The Bertz CT molecular complexity index is 296. The van der Waals surface area contributed by atoms with E-state index in [0.29, 0.717) is 5.92 Å². The highest BCUT2D eigenvalue weighted by molar-refractivity contribution is 5.90. The molecule has 1 rings (SSSR count). The van der Waals surface area contributed by atoms with Crippen molar-refractivity contribution < 1.29 is 4.79 Å². The molecule has 1 amide bonds. The van der Waals surface area contributed by atoms with Crippen LogP contribution >= 0.6 is 0 Å². The first-order chi connectivity index (χ1) is 5.61. The van der Waals surface area contributed by atoms with E-state index in [1.807, 2.05) is 13.8 Å². The molecule has 0 unspecified atom stereocenters. The highest BCUT2D eigenvalue weighted by atomic mass is 16.1. The maximum Gasteiger partial charge on any atom is 0.269 e. The monoisotopic (exact) mass is 165 g/mol. The van der Waals surface area contributed by atoms with Crippen molar-refractivity contribution in [3.05, 3.63) is 23.5 Å². The Hall–Kier alpha value is -1.45. The van der Waals surface area contributed by atoms with Crippen LogP contribution in [0.25, 0.3) is 0 Å². The summed E-state index contributed by atoms with van der Waals surface area (Å²) in [6, 6.07) is 1.67. The molecule has 1 aromatic heterocycles. The zero-order valence-electron chi connectivity index (χ0n) is 7.11. The molecular weight excluding hydrogens is 154 g/mol. The van der Waals surface area contributed by atoms with E-state index in [9.17, 15) is 4.79 Å². The fourth-order valence-corrected chi connectivity index (χ4v) is 0.818. The van der Waals surface area contributed by atoms with Crippen molar-refractivity contribution >= 4 is 5.91 Å². The lowest BCUT2D eigenvalue weighted by Gasteiger charge is -2.03. The van der Waals surface area contributed by atoms with Crippen LogP contribution in [0.5, 0.6) is 0 Å². The maximum atomic E-state index is 10.7. The van der Waals surface area contributed by atoms with Gasteiger partial charge in [-0.05, 0) is 17.5 Å². The van der Waals surface area contributed by atoms with E-state index in [1.54, 1.807) is 12.3 Å². The minimum atomic E-state index is -0.537. The zero-order chi connectivity index (χ0) is 9.14. The van der Waals surface area contributed by atoms with E-state index in [2.05, 4.69) is 10.2 Å². The van der Waals surface area contributed by atoms with Crippen molar-refractivity contribution in [2.24, 2.45) is 5.73 Å². The molecule has 0 aliphatic heterocycles. The van der Waals surface area contributed by atoms with Crippen molar-refractivity contribution in [3.8, 4) is 0 Å². The lowest BCUT2D eigenvalue weighted by molar-refractivity contribution is 0.0994. The Morgan fingerprint density at radius 3 is 2.75 bits per heavy atom. The molecule has 0 atom stereocenters. The lowest BCUT2D eigenvalue weighted by Crippen LogP contribution is -2.14. The largest absolute Gasteiger partial charge is 0.364 e. The predicted octanol–water partition coefficient (Wildman–Crippen LogP) is 0.699. The third-order valence-electron chi connectivity index (χ3n) is 1.59. The first-order valence-corrected chi connectivity index (χ1v) is 3.73. The number of nitrogens with two attached hydrogens (primary N) is 1. The summed E-state index contributed by atoms with van der Waals surface area (Å²) in [5.41, 5.74) is 6.24.